The van der Waals surface area contributed by atoms with Gasteiger partial charge < -0.3 is 9.47 Å². The Labute approximate surface area is 96.9 Å². The molecule has 0 radical (unpaired) electrons. The van der Waals surface area contributed by atoms with Crippen LogP contribution < -0.4 is 4.74 Å². The van der Waals surface area contributed by atoms with Crippen molar-refractivity contribution in [2.75, 3.05) is 7.11 Å². The molecule has 2 nitrogen and oxygen atoms in total. The Morgan fingerprint density at radius 1 is 1.25 bits per heavy atom. The van der Waals surface area contributed by atoms with Gasteiger partial charge in [-0.2, -0.15) is 0 Å². The van der Waals surface area contributed by atoms with E-state index < -0.39 is 0 Å². The van der Waals surface area contributed by atoms with Crippen LogP contribution in [0.25, 0.3) is 0 Å². The van der Waals surface area contributed by atoms with Gasteiger partial charge in [-0.3, -0.25) is 0 Å². The van der Waals surface area contributed by atoms with Crippen LogP contribution in [-0.4, -0.2) is 13.2 Å². The second-order valence-electron chi connectivity index (χ2n) is 4.04. The summed E-state index contributed by atoms with van der Waals surface area (Å²) >= 11 is 0. The van der Waals surface area contributed by atoms with Crippen molar-refractivity contribution < 1.29 is 9.47 Å². The first-order chi connectivity index (χ1) is 7.83. The van der Waals surface area contributed by atoms with Gasteiger partial charge in [-0.05, 0) is 37.5 Å². The number of hydrogen-bond donors (Lipinski definition) is 0. The van der Waals surface area contributed by atoms with Gasteiger partial charge in [0.05, 0.1) is 19.3 Å². The topological polar surface area (TPSA) is 18.5 Å². The number of allylic oxidation sites excluding steroid dienone is 1. The average Bonchev–Trinajstić information content (AvgIpc) is 2.78. The van der Waals surface area contributed by atoms with Crippen molar-refractivity contribution in [2.45, 2.75) is 32.0 Å². The minimum Gasteiger partial charge on any atom is -0.497 e. The molecule has 1 aliphatic rings. The fourth-order valence-corrected chi connectivity index (χ4v) is 2.08. The van der Waals surface area contributed by atoms with E-state index in [1.54, 1.807) is 7.11 Å². The molecule has 2 heteroatoms. The molecular formula is C14H18O2. The maximum atomic E-state index is 5.93. The number of ether oxygens (including phenoxy) is 2. The molecule has 0 bridgehead atoms. The third-order valence-corrected chi connectivity index (χ3v) is 2.95. The lowest BCUT2D eigenvalue weighted by Crippen LogP contribution is -2.02. The van der Waals surface area contributed by atoms with Gasteiger partial charge in [0.2, 0.25) is 0 Å². The third kappa shape index (κ3) is 2.45. The van der Waals surface area contributed by atoms with Gasteiger partial charge >= 0.3 is 0 Å². The molecule has 0 amide bonds. The Morgan fingerprint density at radius 2 is 2.00 bits per heavy atom. The summed E-state index contributed by atoms with van der Waals surface area (Å²) in [6.07, 6.45) is 6.93. The van der Waals surface area contributed by atoms with Crippen LogP contribution in [0.4, 0.5) is 0 Å². The smallest absolute Gasteiger partial charge is 0.118 e. The summed E-state index contributed by atoms with van der Waals surface area (Å²) < 4.78 is 11.1. The van der Waals surface area contributed by atoms with Gasteiger partial charge in [0.1, 0.15) is 5.75 Å². The zero-order valence-corrected chi connectivity index (χ0v) is 9.85. The number of rotatable bonds is 3. The zero-order chi connectivity index (χ0) is 11.4. The first-order valence-corrected chi connectivity index (χ1v) is 5.75. The van der Waals surface area contributed by atoms with Gasteiger partial charge in [-0.15, -0.1) is 0 Å². The molecular weight excluding hydrogens is 200 g/mol. The van der Waals surface area contributed by atoms with E-state index in [1.165, 1.54) is 5.56 Å². The molecule has 2 rings (SSSR count). The van der Waals surface area contributed by atoms with Crippen LogP contribution in [0.5, 0.6) is 5.75 Å². The molecule has 2 unspecified atom stereocenters. The van der Waals surface area contributed by atoms with Gasteiger partial charge in [0.25, 0.3) is 0 Å². The lowest BCUT2D eigenvalue weighted by molar-refractivity contribution is 0.0710. The first-order valence-electron chi connectivity index (χ1n) is 5.75. The summed E-state index contributed by atoms with van der Waals surface area (Å²) in [7, 11) is 1.68. The fourth-order valence-electron chi connectivity index (χ4n) is 2.08. The zero-order valence-electron chi connectivity index (χ0n) is 9.85. The van der Waals surface area contributed by atoms with Crippen molar-refractivity contribution in [3.05, 3.63) is 42.0 Å². The summed E-state index contributed by atoms with van der Waals surface area (Å²) in [6.45, 7) is 2.03. The minimum absolute atomic E-state index is 0.243. The van der Waals surface area contributed by atoms with Crippen LogP contribution in [0.1, 0.15) is 31.4 Å². The van der Waals surface area contributed by atoms with Crippen LogP contribution in [0.15, 0.2) is 36.4 Å². The predicted molar refractivity (Wildman–Crippen MR) is 64.7 cm³/mol. The molecule has 16 heavy (non-hydrogen) atoms. The summed E-state index contributed by atoms with van der Waals surface area (Å²) in [5, 5.41) is 0. The lowest BCUT2D eigenvalue weighted by Gasteiger charge is -2.12. The molecule has 0 spiro atoms. The van der Waals surface area contributed by atoms with Crippen molar-refractivity contribution in [1.29, 1.82) is 0 Å². The Bertz CT molecular complexity index is 354. The summed E-state index contributed by atoms with van der Waals surface area (Å²) in [6, 6.07) is 8.15. The Kier molecular flexibility index (Phi) is 3.62. The number of methoxy groups -OCH3 is 1. The van der Waals surface area contributed by atoms with Gasteiger partial charge in [0, 0.05) is 0 Å². The second-order valence-corrected chi connectivity index (χ2v) is 4.04. The molecule has 1 fully saturated rings. The van der Waals surface area contributed by atoms with E-state index in [2.05, 4.69) is 24.3 Å². The maximum absolute atomic E-state index is 5.93. The molecule has 1 aromatic rings. The minimum atomic E-state index is 0.243. The standard InChI is InChI=1S/C14H18O2/c1-3-4-13-9-10-14(16-13)11-5-7-12(15-2)8-6-11/h3-8,13-14H,9-10H2,1-2H3/b4-3+. The highest BCUT2D eigenvalue weighted by atomic mass is 16.5. The normalized spacial score (nSPS) is 25.1. The molecule has 0 N–H and O–H groups in total. The van der Waals surface area contributed by atoms with E-state index in [0.29, 0.717) is 0 Å². The predicted octanol–water partition coefficient (Wildman–Crippen LogP) is 3.49. The molecule has 2 atom stereocenters. The highest BCUT2D eigenvalue weighted by Crippen LogP contribution is 2.33. The van der Waals surface area contributed by atoms with E-state index >= 15 is 0 Å². The van der Waals surface area contributed by atoms with Crippen LogP contribution in [0, 0.1) is 0 Å². The van der Waals surface area contributed by atoms with Crippen LogP contribution in [0.3, 0.4) is 0 Å². The Balaban J connectivity index is 2.02. The molecule has 1 aromatic carbocycles. The average molecular weight is 218 g/mol. The largest absolute Gasteiger partial charge is 0.497 e. The van der Waals surface area contributed by atoms with Gasteiger partial charge in [-0.1, -0.05) is 24.3 Å². The molecule has 86 valence electrons. The number of hydrogen-bond acceptors (Lipinski definition) is 2. The Hall–Kier alpha value is -1.28. The van der Waals surface area contributed by atoms with Crippen LogP contribution in [0.2, 0.25) is 0 Å². The first kappa shape index (κ1) is 11.2. The van der Waals surface area contributed by atoms with E-state index in [-0.39, 0.29) is 12.2 Å². The fraction of sp³-hybridized carbons (Fsp3) is 0.429. The van der Waals surface area contributed by atoms with Crippen LogP contribution >= 0.6 is 0 Å². The lowest BCUT2D eigenvalue weighted by atomic mass is 10.1. The molecule has 0 aliphatic carbocycles. The van der Waals surface area contributed by atoms with Gasteiger partial charge in [0.15, 0.2) is 0 Å². The highest BCUT2D eigenvalue weighted by Gasteiger charge is 2.24. The van der Waals surface area contributed by atoms with Crippen molar-refractivity contribution >= 4 is 0 Å². The monoisotopic (exact) mass is 218 g/mol. The quantitative estimate of drug-likeness (QED) is 0.723. The van der Waals surface area contributed by atoms with E-state index in [0.717, 1.165) is 18.6 Å². The maximum Gasteiger partial charge on any atom is 0.118 e. The molecule has 1 heterocycles. The summed E-state index contributed by atoms with van der Waals surface area (Å²) in [5.41, 5.74) is 1.24. The van der Waals surface area contributed by atoms with E-state index in [9.17, 15) is 0 Å². The molecule has 0 saturated carbocycles. The van der Waals surface area contributed by atoms with Crippen molar-refractivity contribution in [2.24, 2.45) is 0 Å². The highest BCUT2D eigenvalue weighted by molar-refractivity contribution is 5.29. The molecule has 0 aromatic heterocycles. The molecule has 1 aliphatic heterocycles. The van der Waals surface area contributed by atoms with E-state index in [1.807, 2.05) is 19.1 Å². The van der Waals surface area contributed by atoms with Crippen molar-refractivity contribution in [3.63, 3.8) is 0 Å². The SMILES string of the molecule is C/C=C/C1CCC(c2ccc(OC)cc2)O1. The second kappa shape index (κ2) is 5.17. The third-order valence-electron chi connectivity index (χ3n) is 2.95. The van der Waals surface area contributed by atoms with Crippen LogP contribution in [-0.2, 0) is 4.74 Å². The van der Waals surface area contributed by atoms with Crippen molar-refractivity contribution in [3.8, 4) is 5.75 Å². The summed E-state index contributed by atoms with van der Waals surface area (Å²) in [5.74, 6) is 0.895. The summed E-state index contributed by atoms with van der Waals surface area (Å²) in [4.78, 5) is 0. The number of benzene rings is 1. The van der Waals surface area contributed by atoms with Crippen molar-refractivity contribution in [1.82, 2.24) is 0 Å². The molecule has 1 saturated heterocycles. The van der Waals surface area contributed by atoms with Gasteiger partial charge in [-0.25, -0.2) is 0 Å². The van der Waals surface area contributed by atoms with E-state index in [4.69, 9.17) is 9.47 Å². The Morgan fingerprint density at radius 3 is 2.62 bits per heavy atom.